The zero-order chi connectivity index (χ0) is 15.4. The molecule has 0 saturated carbocycles. The van der Waals surface area contributed by atoms with Crippen molar-refractivity contribution >= 4 is 22.8 Å². The zero-order valence-corrected chi connectivity index (χ0v) is 11.2. The summed E-state index contributed by atoms with van der Waals surface area (Å²) in [6.45, 7) is -0.365. The Morgan fingerprint density at radius 2 is 2.05 bits per heavy atom. The van der Waals surface area contributed by atoms with Gasteiger partial charge in [0.25, 0.3) is 0 Å². The normalized spacial score (nSPS) is 13.8. The van der Waals surface area contributed by atoms with Gasteiger partial charge in [-0.05, 0) is 18.1 Å². The fourth-order valence-electron chi connectivity index (χ4n) is 2.05. The number of carbonyl (C=O) groups excluding carboxylic acids is 1. The van der Waals surface area contributed by atoms with E-state index in [9.17, 15) is 9.59 Å². The molecule has 6 N–H and O–H groups in total. The van der Waals surface area contributed by atoms with Crippen LogP contribution in [0.3, 0.4) is 0 Å². The van der Waals surface area contributed by atoms with Crippen LogP contribution >= 0.6 is 0 Å². The Bertz CT molecular complexity index is 652. The number of hydrogen-bond acceptors (Lipinski definition) is 4. The van der Waals surface area contributed by atoms with E-state index < -0.39 is 24.0 Å². The number of aliphatic hydroxyl groups excluding tert-OH is 1. The molecule has 1 heterocycles. The first-order chi connectivity index (χ1) is 9.99. The van der Waals surface area contributed by atoms with E-state index >= 15 is 0 Å². The maximum absolute atomic E-state index is 11.8. The smallest absolute Gasteiger partial charge is 0.334 e. The standard InChI is InChI=1S/C14H17N3O4/c15-10(13(19)17-7-12(18)14(20)21)5-8-6-16-11-4-2-1-3-9(8)11/h1-4,6,10,12,16,18H,5,7,15H2,(H,17,19)(H,20,21)/t10-,12+/m1/s1. The molecule has 1 aromatic heterocycles. The van der Waals surface area contributed by atoms with Gasteiger partial charge in [0.1, 0.15) is 0 Å². The molecular formula is C14H17N3O4. The highest BCUT2D eigenvalue weighted by molar-refractivity contribution is 5.86. The number of hydrogen-bond donors (Lipinski definition) is 5. The van der Waals surface area contributed by atoms with Crippen molar-refractivity contribution in [2.24, 2.45) is 5.73 Å². The van der Waals surface area contributed by atoms with Gasteiger partial charge in [-0.15, -0.1) is 0 Å². The summed E-state index contributed by atoms with van der Waals surface area (Å²) in [7, 11) is 0. The third kappa shape index (κ3) is 3.59. The van der Waals surface area contributed by atoms with Crippen LogP contribution < -0.4 is 11.1 Å². The summed E-state index contributed by atoms with van der Waals surface area (Å²) in [4.78, 5) is 25.3. The summed E-state index contributed by atoms with van der Waals surface area (Å²) in [6, 6.07) is 6.84. The van der Waals surface area contributed by atoms with Gasteiger partial charge in [-0.3, -0.25) is 4.79 Å². The number of nitrogens with one attached hydrogen (secondary N) is 2. The number of aromatic nitrogens is 1. The van der Waals surface area contributed by atoms with Crippen molar-refractivity contribution in [2.75, 3.05) is 6.54 Å². The molecule has 0 aliphatic heterocycles. The van der Waals surface area contributed by atoms with Gasteiger partial charge < -0.3 is 26.2 Å². The Morgan fingerprint density at radius 3 is 2.76 bits per heavy atom. The number of fused-ring (bicyclic) bond motifs is 1. The Kier molecular flexibility index (Phi) is 4.56. The third-order valence-corrected chi connectivity index (χ3v) is 3.21. The first-order valence-corrected chi connectivity index (χ1v) is 6.48. The average Bonchev–Trinajstić information content (AvgIpc) is 2.87. The van der Waals surface area contributed by atoms with E-state index in [0.29, 0.717) is 6.42 Å². The maximum atomic E-state index is 11.8. The summed E-state index contributed by atoms with van der Waals surface area (Å²) in [6.07, 6.45) is 0.484. The average molecular weight is 291 g/mol. The molecule has 0 saturated heterocycles. The number of benzene rings is 1. The summed E-state index contributed by atoms with van der Waals surface area (Å²) in [5.41, 5.74) is 7.68. The minimum Gasteiger partial charge on any atom is -0.479 e. The van der Waals surface area contributed by atoms with Crippen LogP contribution in [0.5, 0.6) is 0 Å². The Balaban J connectivity index is 1.96. The molecule has 0 aliphatic carbocycles. The second kappa shape index (κ2) is 6.38. The largest absolute Gasteiger partial charge is 0.479 e. The van der Waals surface area contributed by atoms with Gasteiger partial charge in [0.05, 0.1) is 12.6 Å². The van der Waals surface area contributed by atoms with E-state index in [1.807, 2.05) is 24.3 Å². The molecule has 2 rings (SSSR count). The third-order valence-electron chi connectivity index (χ3n) is 3.21. The SMILES string of the molecule is N[C@H](Cc1c[nH]c2ccccc12)C(=O)NC[C@H](O)C(=O)O. The first-order valence-electron chi connectivity index (χ1n) is 6.48. The Morgan fingerprint density at radius 1 is 1.33 bits per heavy atom. The van der Waals surface area contributed by atoms with Gasteiger partial charge in [0.2, 0.25) is 5.91 Å². The van der Waals surface area contributed by atoms with Crippen LogP contribution in [-0.4, -0.2) is 45.8 Å². The molecule has 0 fully saturated rings. The lowest BCUT2D eigenvalue weighted by atomic mass is 10.1. The molecule has 2 aromatic rings. The molecular weight excluding hydrogens is 274 g/mol. The predicted molar refractivity (Wildman–Crippen MR) is 76.6 cm³/mol. The maximum Gasteiger partial charge on any atom is 0.334 e. The highest BCUT2D eigenvalue weighted by atomic mass is 16.4. The summed E-state index contributed by atoms with van der Waals surface area (Å²) in [5, 5.41) is 20.9. The van der Waals surface area contributed by atoms with E-state index in [0.717, 1.165) is 16.5 Å². The molecule has 0 spiro atoms. The number of aliphatic hydroxyl groups is 1. The molecule has 7 heteroatoms. The van der Waals surface area contributed by atoms with Crippen LogP contribution in [0.2, 0.25) is 0 Å². The van der Waals surface area contributed by atoms with Crippen molar-refractivity contribution in [2.45, 2.75) is 18.6 Å². The molecule has 2 atom stereocenters. The fraction of sp³-hybridized carbons (Fsp3) is 0.286. The zero-order valence-electron chi connectivity index (χ0n) is 11.2. The molecule has 112 valence electrons. The molecule has 0 unspecified atom stereocenters. The van der Waals surface area contributed by atoms with Crippen molar-refractivity contribution in [3.63, 3.8) is 0 Å². The Hall–Kier alpha value is -2.38. The van der Waals surface area contributed by atoms with Crippen molar-refractivity contribution < 1.29 is 19.8 Å². The monoisotopic (exact) mass is 291 g/mol. The lowest BCUT2D eigenvalue weighted by molar-refractivity contribution is -0.146. The first kappa shape index (κ1) is 15.0. The number of carboxylic acid groups (broad SMARTS) is 1. The number of carbonyl (C=O) groups is 2. The second-order valence-corrected chi connectivity index (χ2v) is 4.77. The number of rotatable bonds is 6. The van der Waals surface area contributed by atoms with Gasteiger partial charge >= 0.3 is 5.97 Å². The number of nitrogens with two attached hydrogens (primary N) is 1. The molecule has 1 aromatic carbocycles. The minimum atomic E-state index is -1.63. The quantitative estimate of drug-likeness (QED) is 0.494. The van der Waals surface area contributed by atoms with Crippen LogP contribution in [0.1, 0.15) is 5.56 Å². The fourth-order valence-corrected chi connectivity index (χ4v) is 2.05. The van der Waals surface area contributed by atoms with E-state index in [2.05, 4.69) is 10.3 Å². The lowest BCUT2D eigenvalue weighted by Gasteiger charge is -2.13. The van der Waals surface area contributed by atoms with Gasteiger partial charge in [-0.2, -0.15) is 0 Å². The molecule has 0 aliphatic rings. The predicted octanol–water partition coefficient (Wildman–Crippen LogP) is -0.401. The van der Waals surface area contributed by atoms with Crippen molar-refractivity contribution in [3.8, 4) is 0 Å². The summed E-state index contributed by atoms with van der Waals surface area (Å²) in [5.74, 6) is -1.89. The van der Waals surface area contributed by atoms with Gasteiger partial charge in [0, 0.05) is 17.1 Å². The number of aromatic amines is 1. The van der Waals surface area contributed by atoms with Crippen LogP contribution in [-0.2, 0) is 16.0 Å². The molecule has 0 radical (unpaired) electrons. The van der Waals surface area contributed by atoms with Crippen molar-refractivity contribution in [1.29, 1.82) is 0 Å². The number of para-hydroxylation sites is 1. The second-order valence-electron chi connectivity index (χ2n) is 4.77. The lowest BCUT2D eigenvalue weighted by Crippen LogP contribution is -2.45. The van der Waals surface area contributed by atoms with E-state index in [-0.39, 0.29) is 6.54 Å². The van der Waals surface area contributed by atoms with Crippen LogP contribution in [0.15, 0.2) is 30.5 Å². The highest BCUT2D eigenvalue weighted by Gasteiger charge is 2.19. The van der Waals surface area contributed by atoms with Gasteiger partial charge in [-0.25, -0.2) is 4.79 Å². The van der Waals surface area contributed by atoms with Crippen LogP contribution in [0.4, 0.5) is 0 Å². The summed E-state index contributed by atoms with van der Waals surface area (Å²) < 4.78 is 0. The summed E-state index contributed by atoms with van der Waals surface area (Å²) >= 11 is 0. The number of amides is 1. The van der Waals surface area contributed by atoms with E-state index in [4.69, 9.17) is 15.9 Å². The molecule has 0 bridgehead atoms. The molecule has 1 amide bonds. The van der Waals surface area contributed by atoms with E-state index in [1.165, 1.54) is 0 Å². The number of H-pyrrole nitrogens is 1. The van der Waals surface area contributed by atoms with Crippen molar-refractivity contribution in [1.82, 2.24) is 10.3 Å². The Labute approximate surface area is 120 Å². The number of carboxylic acids is 1. The van der Waals surface area contributed by atoms with Gasteiger partial charge in [0.15, 0.2) is 6.10 Å². The molecule has 21 heavy (non-hydrogen) atoms. The molecule has 7 nitrogen and oxygen atoms in total. The minimum absolute atomic E-state index is 0.318. The van der Waals surface area contributed by atoms with E-state index in [1.54, 1.807) is 6.20 Å². The van der Waals surface area contributed by atoms with Crippen LogP contribution in [0.25, 0.3) is 10.9 Å². The van der Waals surface area contributed by atoms with Crippen LogP contribution in [0, 0.1) is 0 Å². The topological polar surface area (TPSA) is 128 Å². The van der Waals surface area contributed by atoms with Crippen molar-refractivity contribution in [3.05, 3.63) is 36.0 Å². The highest BCUT2D eigenvalue weighted by Crippen LogP contribution is 2.18. The van der Waals surface area contributed by atoms with Gasteiger partial charge in [-0.1, -0.05) is 18.2 Å². The number of aliphatic carboxylic acids is 1.